The summed E-state index contributed by atoms with van der Waals surface area (Å²) >= 11 is 9.44. The number of hydrogen-bond donors (Lipinski definition) is 0. The lowest BCUT2D eigenvalue weighted by Gasteiger charge is -2.34. The molecule has 2 aromatic rings. The maximum Gasteiger partial charge on any atom is 0.160 e. The van der Waals surface area contributed by atoms with Gasteiger partial charge in [0.25, 0.3) is 0 Å². The standard InChI is InChI=1S/C16H21BrClN3/c1-16(6-3-2-4-7-16)11-21-14(5-8-18)20-13-9-12(17)10-19-15(13)21/h9-10H,2-8,11H2,1H3. The zero-order chi connectivity index (χ0) is 14.9. The van der Waals surface area contributed by atoms with E-state index in [2.05, 4.69) is 32.4 Å². The summed E-state index contributed by atoms with van der Waals surface area (Å²) in [5.41, 5.74) is 2.32. The molecule has 0 unspecified atom stereocenters. The van der Waals surface area contributed by atoms with E-state index >= 15 is 0 Å². The molecule has 0 N–H and O–H groups in total. The minimum Gasteiger partial charge on any atom is -0.312 e. The van der Waals surface area contributed by atoms with Gasteiger partial charge in [-0.2, -0.15) is 0 Å². The van der Waals surface area contributed by atoms with Gasteiger partial charge in [0.2, 0.25) is 0 Å². The average Bonchev–Trinajstić information content (AvgIpc) is 2.76. The zero-order valence-electron chi connectivity index (χ0n) is 12.4. The summed E-state index contributed by atoms with van der Waals surface area (Å²) in [6.07, 6.45) is 9.30. The predicted molar refractivity (Wildman–Crippen MR) is 90.8 cm³/mol. The molecule has 1 fully saturated rings. The first-order valence-electron chi connectivity index (χ1n) is 7.68. The van der Waals surface area contributed by atoms with Gasteiger partial charge in [-0.05, 0) is 40.3 Å². The number of nitrogens with zero attached hydrogens (tertiary/aromatic N) is 3. The van der Waals surface area contributed by atoms with Crippen LogP contribution in [0.4, 0.5) is 0 Å². The van der Waals surface area contributed by atoms with Gasteiger partial charge in [0.05, 0.1) is 0 Å². The summed E-state index contributed by atoms with van der Waals surface area (Å²) in [5.74, 6) is 1.67. The second kappa shape index (κ2) is 6.25. The number of fused-ring (bicyclic) bond motifs is 1. The molecule has 0 saturated heterocycles. The molecule has 1 aliphatic rings. The van der Waals surface area contributed by atoms with Crippen molar-refractivity contribution in [1.29, 1.82) is 0 Å². The summed E-state index contributed by atoms with van der Waals surface area (Å²) in [6.45, 7) is 3.41. The first-order valence-corrected chi connectivity index (χ1v) is 9.01. The van der Waals surface area contributed by atoms with Gasteiger partial charge in [-0.25, -0.2) is 9.97 Å². The molecule has 21 heavy (non-hydrogen) atoms. The van der Waals surface area contributed by atoms with Crippen LogP contribution in [0.25, 0.3) is 11.2 Å². The highest BCUT2D eigenvalue weighted by atomic mass is 79.9. The molecule has 0 aromatic carbocycles. The van der Waals surface area contributed by atoms with Gasteiger partial charge in [0, 0.05) is 29.5 Å². The summed E-state index contributed by atoms with van der Waals surface area (Å²) < 4.78 is 3.27. The van der Waals surface area contributed by atoms with E-state index in [4.69, 9.17) is 16.6 Å². The van der Waals surface area contributed by atoms with Crippen molar-refractivity contribution in [3.8, 4) is 0 Å². The molecular weight excluding hydrogens is 350 g/mol. The molecule has 1 saturated carbocycles. The van der Waals surface area contributed by atoms with Crippen LogP contribution in [0.1, 0.15) is 44.9 Å². The quantitative estimate of drug-likeness (QED) is 0.713. The average molecular weight is 371 g/mol. The lowest BCUT2D eigenvalue weighted by molar-refractivity contribution is 0.183. The number of imidazole rings is 1. The van der Waals surface area contributed by atoms with Crippen LogP contribution < -0.4 is 0 Å². The van der Waals surface area contributed by atoms with E-state index in [0.29, 0.717) is 11.3 Å². The molecule has 0 aliphatic heterocycles. The van der Waals surface area contributed by atoms with Gasteiger partial charge in [0.1, 0.15) is 11.3 Å². The second-order valence-electron chi connectivity index (χ2n) is 6.42. The number of halogens is 2. The van der Waals surface area contributed by atoms with Crippen molar-refractivity contribution in [3.63, 3.8) is 0 Å². The summed E-state index contributed by atoms with van der Waals surface area (Å²) in [6, 6.07) is 2.04. The fourth-order valence-corrected chi connectivity index (χ4v) is 3.91. The Balaban J connectivity index is 2.00. The molecule has 0 atom stereocenters. The van der Waals surface area contributed by atoms with Crippen LogP contribution in [0, 0.1) is 5.41 Å². The highest BCUT2D eigenvalue weighted by Crippen LogP contribution is 2.38. The summed E-state index contributed by atoms with van der Waals surface area (Å²) in [4.78, 5) is 9.34. The normalized spacial score (nSPS) is 18.2. The number of alkyl halides is 1. The number of hydrogen-bond acceptors (Lipinski definition) is 2. The molecule has 2 heterocycles. The fourth-order valence-electron chi connectivity index (χ4n) is 3.42. The van der Waals surface area contributed by atoms with Crippen LogP contribution in [0.2, 0.25) is 0 Å². The second-order valence-corrected chi connectivity index (χ2v) is 7.71. The fraction of sp³-hybridized carbons (Fsp3) is 0.625. The van der Waals surface area contributed by atoms with Gasteiger partial charge in [0.15, 0.2) is 5.65 Å². The number of pyridine rings is 1. The van der Waals surface area contributed by atoms with Crippen LogP contribution in [0.5, 0.6) is 0 Å². The third-order valence-electron chi connectivity index (χ3n) is 4.55. The van der Waals surface area contributed by atoms with Gasteiger partial charge in [-0.15, -0.1) is 11.6 Å². The first-order chi connectivity index (χ1) is 10.1. The van der Waals surface area contributed by atoms with Crippen molar-refractivity contribution in [2.75, 3.05) is 5.88 Å². The Bertz CT molecular complexity index is 632. The third-order valence-corrected chi connectivity index (χ3v) is 5.17. The maximum atomic E-state index is 5.96. The Morgan fingerprint density at radius 2 is 2.10 bits per heavy atom. The van der Waals surface area contributed by atoms with Crippen LogP contribution in [0.3, 0.4) is 0 Å². The molecule has 3 rings (SSSR count). The van der Waals surface area contributed by atoms with Gasteiger partial charge in [-0.1, -0.05) is 26.2 Å². The van der Waals surface area contributed by atoms with E-state index in [-0.39, 0.29) is 0 Å². The van der Waals surface area contributed by atoms with Crippen molar-refractivity contribution < 1.29 is 0 Å². The largest absolute Gasteiger partial charge is 0.312 e. The molecule has 114 valence electrons. The molecule has 0 bridgehead atoms. The van der Waals surface area contributed by atoms with Gasteiger partial charge < -0.3 is 4.57 Å². The number of rotatable bonds is 4. The summed E-state index contributed by atoms with van der Waals surface area (Å²) in [5, 5.41) is 0. The van der Waals surface area contributed by atoms with Crippen LogP contribution in [-0.4, -0.2) is 20.4 Å². The van der Waals surface area contributed by atoms with Gasteiger partial charge in [-0.3, -0.25) is 0 Å². The first kappa shape index (κ1) is 15.3. The molecule has 0 radical (unpaired) electrons. The predicted octanol–water partition coefficient (Wildman–Crippen LogP) is 4.95. The van der Waals surface area contributed by atoms with E-state index in [1.54, 1.807) is 0 Å². The molecule has 0 amide bonds. The number of aryl methyl sites for hydroxylation is 1. The molecule has 5 heteroatoms. The van der Waals surface area contributed by atoms with E-state index in [9.17, 15) is 0 Å². The highest BCUT2D eigenvalue weighted by Gasteiger charge is 2.29. The zero-order valence-corrected chi connectivity index (χ0v) is 14.8. The Kier molecular flexibility index (Phi) is 4.55. The maximum absolute atomic E-state index is 5.96. The lowest BCUT2D eigenvalue weighted by atomic mass is 9.75. The van der Waals surface area contributed by atoms with Crippen molar-refractivity contribution >= 4 is 38.7 Å². The van der Waals surface area contributed by atoms with E-state index < -0.39 is 0 Å². The topological polar surface area (TPSA) is 30.7 Å². The minimum atomic E-state index is 0.363. The summed E-state index contributed by atoms with van der Waals surface area (Å²) in [7, 11) is 0. The van der Waals surface area contributed by atoms with Crippen LogP contribution in [0.15, 0.2) is 16.7 Å². The Labute approximate surface area is 139 Å². The van der Waals surface area contributed by atoms with E-state index in [0.717, 1.165) is 34.4 Å². The molecule has 1 aliphatic carbocycles. The van der Waals surface area contributed by atoms with Crippen molar-refractivity contribution in [2.24, 2.45) is 5.41 Å². The smallest absolute Gasteiger partial charge is 0.160 e. The SMILES string of the molecule is CC1(Cn2c(CCCl)nc3cc(Br)cnc32)CCCCC1. The molecule has 3 nitrogen and oxygen atoms in total. The van der Waals surface area contributed by atoms with Crippen LogP contribution in [-0.2, 0) is 13.0 Å². The Morgan fingerprint density at radius 1 is 1.33 bits per heavy atom. The molecule has 0 spiro atoms. The van der Waals surface area contributed by atoms with E-state index in [1.807, 2.05) is 12.3 Å². The van der Waals surface area contributed by atoms with Crippen molar-refractivity contribution in [2.45, 2.75) is 52.0 Å². The third kappa shape index (κ3) is 3.26. The Morgan fingerprint density at radius 3 is 2.81 bits per heavy atom. The minimum absolute atomic E-state index is 0.363. The van der Waals surface area contributed by atoms with Crippen molar-refractivity contribution in [1.82, 2.24) is 14.5 Å². The Hall–Kier alpha value is -0.610. The lowest BCUT2D eigenvalue weighted by Crippen LogP contribution is -2.27. The number of aromatic nitrogens is 3. The monoisotopic (exact) mass is 369 g/mol. The van der Waals surface area contributed by atoms with Crippen molar-refractivity contribution in [3.05, 3.63) is 22.6 Å². The van der Waals surface area contributed by atoms with E-state index in [1.165, 1.54) is 32.1 Å². The van der Waals surface area contributed by atoms with Gasteiger partial charge >= 0.3 is 0 Å². The van der Waals surface area contributed by atoms with Crippen LogP contribution >= 0.6 is 27.5 Å². The highest BCUT2D eigenvalue weighted by molar-refractivity contribution is 9.10. The molecule has 2 aromatic heterocycles. The molecular formula is C16H21BrClN3.